The summed E-state index contributed by atoms with van der Waals surface area (Å²) < 4.78 is 67.0. The minimum Gasteiger partial charge on any atom is -0.382 e. The monoisotopic (exact) mass is 393 g/mol. The summed E-state index contributed by atoms with van der Waals surface area (Å²) in [6, 6.07) is 5.43. The average Bonchev–Trinajstić information content (AvgIpc) is 2.89. The van der Waals surface area contributed by atoms with Crippen molar-refractivity contribution in [3.63, 3.8) is 0 Å². The van der Waals surface area contributed by atoms with Crippen molar-refractivity contribution >= 4 is 31.4 Å². The van der Waals surface area contributed by atoms with Gasteiger partial charge in [-0.2, -0.15) is 17.5 Å². The van der Waals surface area contributed by atoms with Gasteiger partial charge in [0, 0.05) is 21.5 Å². The molecule has 0 radical (unpaired) electrons. The van der Waals surface area contributed by atoms with E-state index in [1.165, 1.54) is 11.3 Å². The summed E-state index contributed by atoms with van der Waals surface area (Å²) in [6.07, 6.45) is -6.63. The van der Waals surface area contributed by atoms with Crippen LogP contribution in [0.5, 0.6) is 0 Å². The normalized spacial score (nSPS) is 21.6. The van der Waals surface area contributed by atoms with Crippen LogP contribution in [0.3, 0.4) is 0 Å². The molecule has 1 fully saturated rings. The largest absolute Gasteiger partial charge is 0.415 e. The van der Waals surface area contributed by atoms with Crippen molar-refractivity contribution in [2.45, 2.75) is 49.4 Å². The van der Waals surface area contributed by atoms with Crippen molar-refractivity contribution in [1.82, 2.24) is 4.31 Å². The second-order valence-electron chi connectivity index (χ2n) is 6.15. The molecule has 0 amide bonds. The molecule has 9 heteroatoms. The molecule has 0 bridgehead atoms. The number of nitrogens with zero attached hydrogens (tertiary/aromatic N) is 1. The Bertz CT molecular complexity index is 876. The zero-order chi connectivity index (χ0) is 18.4. The molecule has 2 atom stereocenters. The van der Waals surface area contributed by atoms with Crippen molar-refractivity contribution in [1.29, 1.82) is 0 Å². The van der Waals surface area contributed by atoms with Crippen LogP contribution in [0.2, 0.25) is 0 Å². The summed E-state index contributed by atoms with van der Waals surface area (Å²) in [5.41, 5.74) is 0. The molecule has 0 spiro atoms. The van der Waals surface area contributed by atoms with Crippen LogP contribution in [0, 0.1) is 6.92 Å². The van der Waals surface area contributed by atoms with Gasteiger partial charge in [0.1, 0.15) is 4.90 Å². The van der Waals surface area contributed by atoms with Gasteiger partial charge in [-0.1, -0.05) is 24.6 Å². The van der Waals surface area contributed by atoms with E-state index in [9.17, 15) is 26.7 Å². The quantitative estimate of drug-likeness (QED) is 0.866. The third kappa shape index (κ3) is 3.30. The molecule has 2 heterocycles. The molecule has 1 aliphatic heterocycles. The number of hydrogen-bond acceptors (Lipinski definition) is 4. The average molecular weight is 393 g/mol. The maximum atomic E-state index is 13.2. The fourth-order valence-electron chi connectivity index (χ4n) is 3.34. The van der Waals surface area contributed by atoms with Crippen molar-refractivity contribution < 1.29 is 26.7 Å². The predicted octanol–water partition coefficient (Wildman–Crippen LogP) is 3.68. The summed E-state index contributed by atoms with van der Waals surface area (Å²) in [7, 11) is -4.15. The number of piperidine rings is 1. The lowest BCUT2D eigenvalue weighted by Gasteiger charge is -2.37. The zero-order valence-corrected chi connectivity index (χ0v) is 15.1. The Kier molecular flexibility index (Phi) is 4.87. The molecule has 1 N–H and O–H groups in total. The molecule has 1 aliphatic rings. The van der Waals surface area contributed by atoms with Crippen LogP contribution in [-0.4, -0.2) is 42.7 Å². The molecule has 2 aromatic rings. The summed E-state index contributed by atoms with van der Waals surface area (Å²) >= 11 is 1.29. The van der Waals surface area contributed by atoms with Crippen LogP contribution in [0.25, 0.3) is 10.1 Å². The Morgan fingerprint density at radius 3 is 2.64 bits per heavy atom. The van der Waals surface area contributed by atoms with E-state index in [4.69, 9.17) is 0 Å². The fourth-order valence-corrected chi connectivity index (χ4v) is 6.81. The molecule has 1 aromatic carbocycles. The van der Waals surface area contributed by atoms with Gasteiger partial charge in [0.15, 0.2) is 6.10 Å². The molecule has 0 aliphatic carbocycles. The maximum absolute atomic E-state index is 13.2. The second kappa shape index (κ2) is 6.53. The highest BCUT2D eigenvalue weighted by Gasteiger charge is 2.49. The van der Waals surface area contributed by atoms with Crippen molar-refractivity contribution in [2.24, 2.45) is 0 Å². The van der Waals surface area contributed by atoms with Crippen LogP contribution in [-0.2, 0) is 10.0 Å². The first kappa shape index (κ1) is 18.6. The van der Waals surface area contributed by atoms with Gasteiger partial charge in [-0.25, -0.2) is 8.42 Å². The lowest BCUT2D eigenvalue weighted by Crippen LogP contribution is -2.54. The number of rotatable bonds is 3. The third-order valence-electron chi connectivity index (χ3n) is 4.48. The van der Waals surface area contributed by atoms with Crippen LogP contribution in [0.4, 0.5) is 13.2 Å². The highest BCUT2D eigenvalue weighted by atomic mass is 32.2. The van der Waals surface area contributed by atoms with Crippen molar-refractivity contribution in [3.05, 3.63) is 29.1 Å². The molecule has 1 aromatic heterocycles. The summed E-state index contributed by atoms with van der Waals surface area (Å²) in [5, 5.41) is 10.2. The Balaban J connectivity index is 2.09. The van der Waals surface area contributed by atoms with E-state index in [2.05, 4.69) is 0 Å². The molecule has 138 valence electrons. The first-order valence-corrected chi connectivity index (χ1v) is 10.1. The van der Waals surface area contributed by atoms with Crippen LogP contribution >= 0.6 is 11.3 Å². The number of benzene rings is 1. The number of thiophene rings is 1. The van der Waals surface area contributed by atoms with E-state index < -0.39 is 28.3 Å². The van der Waals surface area contributed by atoms with Gasteiger partial charge < -0.3 is 5.11 Å². The number of hydrogen-bond donors (Lipinski definition) is 1. The second-order valence-corrected chi connectivity index (χ2v) is 9.23. The SMILES string of the molecule is Cc1sc2ccccc2c1S(=O)(=O)N1CCCC[C@@H]1[C@@H](O)C(F)(F)F. The molecule has 3 rings (SSSR count). The van der Waals surface area contributed by atoms with E-state index in [-0.39, 0.29) is 17.9 Å². The first-order chi connectivity index (χ1) is 11.6. The number of sulfonamides is 1. The molecule has 1 saturated heterocycles. The molecule has 0 saturated carbocycles. The van der Waals surface area contributed by atoms with Crippen molar-refractivity contribution in [3.8, 4) is 0 Å². The predicted molar refractivity (Wildman–Crippen MR) is 90.2 cm³/mol. The Labute approximate surface area is 147 Å². The Hall–Kier alpha value is -1.16. The van der Waals surface area contributed by atoms with Gasteiger partial charge in [-0.3, -0.25) is 0 Å². The van der Waals surface area contributed by atoms with Gasteiger partial charge in [0.2, 0.25) is 10.0 Å². The molecule has 0 unspecified atom stereocenters. The number of aliphatic hydroxyl groups is 1. The van der Waals surface area contributed by atoms with Gasteiger partial charge in [-0.15, -0.1) is 11.3 Å². The minimum atomic E-state index is -4.86. The van der Waals surface area contributed by atoms with E-state index >= 15 is 0 Å². The molecule has 25 heavy (non-hydrogen) atoms. The Morgan fingerprint density at radius 2 is 1.96 bits per heavy atom. The number of aliphatic hydroxyl groups excluding tert-OH is 1. The van der Waals surface area contributed by atoms with Gasteiger partial charge in [0.05, 0.1) is 6.04 Å². The van der Waals surface area contributed by atoms with Gasteiger partial charge >= 0.3 is 6.18 Å². The summed E-state index contributed by atoms with van der Waals surface area (Å²) in [4.78, 5) is 0.585. The summed E-state index contributed by atoms with van der Waals surface area (Å²) in [5.74, 6) is 0. The number of alkyl halides is 3. The van der Waals surface area contributed by atoms with E-state index in [0.717, 1.165) is 9.01 Å². The first-order valence-electron chi connectivity index (χ1n) is 7.89. The smallest absolute Gasteiger partial charge is 0.382 e. The minimum absolute atomic E-state index is 0.0129. The number of fused-ring (bicyclic) bond motifs is 1. The van der Waals surface area contributed by atoms with Crippen LogP contribution < -0.4 is 0 Å². The zero-order valence-electron chi connectivity index (χ0n) is 13.5. The van der Waals surface area contributed by atoms with Crippen LogP contribution in [0.15, 0.2) is 29.2 Å². The molecular formula is C16H18F3NO3S2. The lowest BCUT2D eigenvalue weighted by atomic mass is 9.99. The van der Waals surface area contributed by atoms with Gasteiger partial charge in [0.25, 0.3) is 0 Å². The molecule has 4 nitrogen and oxygen atoms in total. The van der Waals surface area contributed by atoms with E-state index in [0.29, 0.717) is 23.1 Å². The third-order valence-corrected chi connectivity index (χ3v) is 7.81. The highest BCUT2D eigenvalue weighted by Crippen LogP contribution is 2.39. The van der Waals surface area contributed by atoms with Crippen molar-refractivity contribution in [2.75, 3.05) is 6.54 Å². The summed E-state index contributed by atoms with van der Waals surface area (Å²) in [6.45, 7) is 1.63. The topological polar surface area (TPSA) is 57.6 Å². The van der Waals surface area contributed by atoms with Crippen LogP contribution in [0.1, 0.15) is 24.1 Å². The highest BCUT2D eigenvalue weighted by molar-refractivity contribution is 7.89. The van der Waals surface area contributed by atoms with E-state index in [1.807, 2.05) is 0 Å². The number of aryl methyl sites for hydroxylation is 1. The van der Waals surface area contributed by atoms with E-state index in [1.54, 1.807) is 31.2 Å². The standard InChI is InChI=1S/C16H18F3NO3S2/c1-10-14(11-6-2-3-8-13(11)24-10)25(22,23)20-9-5-4-7-12(20)15(21)16(17,18)19/h2-3,6,8,12,15,21H,4-5,7,9H2,1H3/t12-,15-/m1/s1. The molecular weight excluding hydrogens is 375 g/mol. The fraction of sp³-hybridized carbons (Fsp3) is 0.500. The number of halogens is 3. The maximum Gasteiger partial charge on any atom is 0.415 e. The Morgan fingerprint density at radius 1 is 1.28 bits per heavy atom. The van der Waals surface area contributed by atoms with Gasteiger partial charge in [-0.05, 0) is 25.8 Å². The lowest BCUT2D eigenvalue weighted by molar-refractivity contribution is -0.219.